The lowest BCUT2D eigenvalue weighted by Gasteiger charge is -2.15. The van der Waals surface area contributed by atoms with E-state index in [1.807, 2.05) is 46.3 Å². The molecule has 0 aliphatic carbocycles. The van der Waals surface area contributed by atoms with Gasteiger partial charge >= 0.3 is 0 Å². The molecule has 28 heavy (non-hydrogen) atoms. The number of hydrogen-bond donors (Lipinski definition) is 1. The number of rotatable bonds is 6. The van der Waals surface area contributed by atoms with Gasteiger partial charge in [0.25, 0.3) is 0 Å². The largest absolute Gasteiger partial charge is 0.354 e. The van der Waals surface area contributed by atoms with Crippen LogP contribution in [0.15, 0.2) is 72.1 Å². The second-order valence-electron chi connectivity index (χ2n) is 6.91. The number of nitrogens with zero attached hydrogens (tertiary/aromatic N) is 1. The van der Waals surface area contributed by atoms with Crippen LogP contribution in [0.2, 0.25) is 0 Å². The average Bonchev–Trinajstić information content (AvgIpc) is 3.35. The van der Waals surface area contributed by atoms with Crippen LogP contribution in [0.25, 0.3) is 21.5 Å². The molecule has 3 nitrogen and oxygen atoms in total. The summed E-state index contributed by atoms with van der Waals surface area (Å²) in [6.07, 6.45) is 0. The molecule has 0 aliphatic rings. The summed E-state index contributed by atoms with van der Waals surface area (Å²) < 4.78 is 15.6. The second kappa shape index (κ2) is 7.98. The predicted octanol–water partition coefficient (Wildman–Crippen LogP) is 5.43. The van der Waals surface area contributed by atoms with Crippen molar-refractivity contribution in [3.8, 4) is 10.6 Å². The Labute approximate surface area is 167 Å². The van der Waals surface area contributed by atoms with E-state index in [1.165, 1.54) is 17.7 Å². The van der Waals surface area contributed by atoms with Gasteiger partial charge in [-0.1, -0.05) is 43.3 Å². The summed E-state index contributed by atoms with van der Waals surface area (Å²) in [7, 11) is 0. The molecular weight excluding hydrogens is 371 g/mol. The molecule has 5 heteroatoms. The third-order valence-corrected chi connectivity index (χ3v) is 5.81. The van der Waals surface area contributed by atoms with Crippen LogP contribution >= 0.6 is 11.3 Å². The fraction of sp³-hybridized carbons (Fsp3) is 0.174. The van der Waals surface area contributed by atoms with Gasteiger partial charge in [-0.2, -0.15) is 0 Å². The summed E-state index contributed by atoms with van der Waals surface area (Å²) in [5.74, 6) is -0.0941. The van der Waals surface area contributed by atoms with Crippen molar-refractivity contribution in [2.24, 2.45) is 0 Å². The van der Waals surface area contributed by atoms with Gasteiger partial charge in [0.1, 0.15) is 12.4 Å². The minimum absolute atomic E-state index is 0.0533. The topological polar surface area (TPSA) is 34.0 Å². The number of benzene rings is 2. The Bertz CT molecular complexity index is 1090. The lowest BCUT2D eigenvalue weighted by molar-refractivity contribution is -0.121. The highest BCUT2D eigenvalue weighted by Gasteiger charge is 2.15. The highest BCUT2D eigenvalue weighted by atomic mass is 32.1. The molecule has 1 amide bonds. The Kier molecular flexibility index (Phi) is 5.26. The number of halogens is 1. The van der Waals surface area contributed by atoms with E-state index >= 15 is 0 Å². The maximum absolute atomic E-state index is 13.7. The molecule has 2 aromatic carbocycles. The first-order valence-corrected chi connectivity index (χ1v) is 10.1. The monoisotopic (exact) mass is 392 g/mol. The molecule has 142 valence electrons. The lowest BCUT2D eigenvalue weighted by atomic mass is 10.0. The van der Waals surface area contributed by atoms with E-state index in [1.54, 1.807) is 17.4 Å². The normalized spacial score (nSPS) is 12.2. The van der Waals surface area contributed by atoms with Crippen LogP contribution in [0.4, 0.5) is 4.39 Å². The second-order valence-corrected chi connectivity index (χ2v) is 7.86. The Balaban J connectivity index is 1.55. The molecule has 0 radical (unpaired) electrons. The Morgan fingerprint density at radius 2 is 1.93 bits per heavy atom. The summed E-state index contributed by atoms with van der Waals surface area (Å²) in [4.78, 5) is 13.7. The minimum atomic E-state index is -0.275. The zero-order valence-corrected chi connectivity index (χ0v) is 16.4. The van der Waals surface area contributed by atoms with E-state index in [0.717, 1.165) is 21.5 Å². The third kappa shape index (κ3) is 3.85. The summed E-state index contributed by atoms with van der Waals surface area (Å²) in [6, 6.07) is 20.8. The summed E-state index contributed by atoms with van der Waals surface area (Å²) in [5, 5.41) is 5.84. The number of nitrogens with one attached hydrogen (secondary N) is 1. The van der Waals surface area contributed by atoms with Gasteiger partial charge < -0.3 is 9.88 Å². The van der Waals surface area contributed by atoms with E-state index in [2.05, 4.69) is 24.4 Å². The zero-order chi connectivity index (χ0) is 19.5. The van der Waals surface area contributed by atoms with Crippen LogP contribution < -0.4 is 5.32 Å². The Morgan fingerprint density at radius 3 is 2.68 bits per heavy atom. The predicted molar refractivity (Wildman–Crippen MR) is 113 cm³/mol. The maximum atomic E-state index is 13.7. The van der Waals surface area contributed by atoms with Crippen molar-refractivity contribution in [2.75, 3.05) is 6.54 Å². The first-order valence-electron chi connectivity index (χ1n) is 9.26. The van der Waals surface area contributed by atoms with Crippen LogP contribution in [0, 0.1) is 5.82 Å². The lowest BCUT2D eigenvalue weighted by Crippen LogP contribution is -2.30. The van der Waals surface area contributed by atoms with E-state index < -0.39 is 0 Å². The standard InChI is InChI=1S/C23H21FN2OS/c1-16(17-6-3-2-4-7-17)14-25-23(27)15-26-20-10-9-19(24)12-18(20)13-21(26)22-8-5-11-28-22/h2-13,16H,14-15H2,1H3,(H,25,27)/t16-/m0/s1. The smallest absolute Gasteiger partial charge is 0.239 e. The van der Waals surface area contributed by atoms with E-state index in [-0.39, 0.29) is 24.2 Å². The molecule has 0 aliphatic heterocycles. The van der Waals surface area contributed by atoms with Gasteiger partial charge in [0.05, 0.1) is 10.6 Å². The number of carbonyl (C=O) groups is 1. The highest BCUT2D eigenvalue weighted by Crippen LogP contribution is 2.31. The first kappa shape index (κ1) is 18.4. The van der Waals surface area contributed by atoms with Gasteiger partial charge in [-0.25, -0.2) is 4.39 Å². The van der Waals surface area contributed by atoms with Crippen molar-refractivity contribution >= 4 is 28.1 Å². The molecule has 4 aromatic rings. The molecule has 2 aromatic heterocycles. The number of amides is 1. The Hall–Kier alpha value is -2.92. The number of thiophene rings is 1. The molecule has 1 N–H and O–H groups in total. The van der Waals surface area contributed by atoms with Crippen LogP contribution in [-0.2, 0) is 11.3 Å². The molecule has 4 rings (SSSR count). The van der Waals surface area contributed by atoms with Crippen molar-refractivity contribution in [3.05, 3.63) is 83.5 Å². The maximum Gasteiger partial charge on any atom is 0.239 e. The fourth-order valence-electron chi connectivity index (χ4n) is 3.41. The molecule has 0 bridgehead atoms. The average molecular weight is 392 g/mol. The van der Waals surface area contributed by atoms with Crippen molar-refractivity contribution in [2.45, 2.75) is 19.4 Å². The van der Waals surface area contributed by atoms with Gasteiger partial charge in [-0.05, 0) is 47.2 Å². The van der Waals surface area contributed by atoms with Crippen LogP contribution in [0.5, 0.6) is 0 Å². The van der Waals surface area contributed by atoms with Crippen LogP contribution in [0.1, 0.15) is 18.4 Å². The van der Waals surface area contributed by atoms with E-state index in [0.29, 0.717) is 6.54 Å². The van der Waals surface area contributed by atoms with Gasteiger partial charge in [0.2, 0.25) is 5.91 Å². The van der Waals surface area contributed by atoms with Crippen LogP contribution in [-0.4, -0.2) is 17.0 Å². The minimum Gasteiger partial charge on any atom is -0.354 e. The van der Waals surface area contributed by atoms with Crippen molar-refractivity contribution < 1.29 is 9.18 Å². The SMILES string of the molecule is C[C@@H](CNC(=O)Cn1c(-c2cccs2)cc2cc(F)ccc21)c1ccccc1. The van der Waals surface area contributed by atoms with E-state index in [4.69, 9.17) is 0 Å². The quantitative estimate of drug-likeness (QED) is 0.466. The highest BCUT2D eigenvalue weighted by molar-refractivity contribution is 7.13. The number of aromatic nitrogens is 1. The Morgan fingerprint density at radius 1 is 1.11 bits per heavy atom. The number of carbonyl (C=O) groups excluding carboxylic acids is 1. The molecule has 0 saturated carbocycles. The van der Waals surface area contributed by atoms with Crippen molar-refractivity contribution in [1.29, 1.82) is 0 Å². The zero-order valence-electron chi connectivity index (χ0n) is 15.6. The number of hydrogen-bond acceptors (Lipinski definition) is 2. The molecule has 0 unspecified atom stereocenters. The molecule has 1 atom stereocenters. The van der Waals surface area contributed by atoms with Crippen LogP contribution in [0.3, 0.4) is 0 Å². The third-order valence-electron chi connectivity index (χ3n) is 4.91. The summed E-state index contributed by atoms with van der Waals surface area (Å²) in [5.41, 5.74) is 2.99. The summed E-state index contributed by atoms with van der Waals surface area (Å²) in [6.45, 7) is 2.87. The van der Waals surface area contributed by atoms with Gasteiger partial charge in [-0.15, -0.1) is 11.3 Å². The molecule has 0 saturated heterocycles. The molecule has 0 fully saturated rings. The van der Waals surface area contributed by atoms with Crippen molar-refractivity contribution in [3.63, 3.8) is 0 Å². The van der Waals surface area contributed by atoms with E-state index in [9.17, 15) is 9.18 Å². The molecule has 2 heterocycles. The summed E-state index contributed by atoms with van der Waals surface area (Å²) >= 11 is 1.61. The number of fused-ring (bicyclic) bond motifs is 1. The first-order chi connectivity index (χ1) is 13.6. The van der Waals surface area contributed by atoms with Crippen molar-refractivity contribution in [1.82, 2.24) is 9.88 Å². The molecule has 0 spiro atoms. The van der Waals surface area contributed by atoms with Gasteiger partial charge in [0.15, 0.2) is 0 Å². The molecular formula is C23H21FN2OS. The van der Waals surface area contributed by atoms with Gasteiger partial charge in [0, 0.05) is 17.4 Å². The fourth-order valence-corrected chi connectivity index (χ4v) is 4.16. The van der Waals surface area contributed by atoms with Gasteiger partial charge in [-0.3, -0.25) is 4.79 Å².